The molecule has 8 nitrogen and oxygen atoms in total. The fraction of sp³-hybridized carbons (Fsp3) is 0.130. The van der Waals surface area contributed by atoms with Gasteiger partial charge in [0, 0.05) is 16.1 Å². The average Bonchev–Trinajstić information content (AvgIpc) is 2.83. The van der Waals surface area contributed by atoms with E-state index in [1.54, 1.807) is 30.3 Å². The average molecular weight is 532 g/mol. The summed E-state index contributed by atoms with van der Waals surface area (Å²) in [4.78, 5) is 12.7. The van der Waals surface area contributed by atoms with Crippen molar-refractivity contribution in [1.82, 2.24) is 5.43 Å². The molecule has 3 rings (SSSR count). The van der Waals surface area contributed by atoms with Gasteiger partial charge in [-0.05, 0) is 30.3 Å². The van der Waals surface area contributed by atoms with E-state index < -0.39 is 22.5 Å². The van der Waals surface area contributed by atoms with E-state index in [1.807, 2.05) is 24.3 Å². The van der Waals surface area contributed by atoms with Crippen LogP contribution in [-0.2, 0) is 14.8 Å². The van der Waals surface area contributed by atoms with Crippen LogP contribution in [0.1, 0.15) is 5.56 Å². The van der Waals surface area contributed by atoms with Gasteiger partial charge in [-0.1, -0.05) is 52.3 Å². The predicted octanol–water partition coefficient (Wildman–Crippen LogP) is 3.81. The summed E-state index contributed by atoms with van der Waals surface area (Å²) in [5, 5.41) is 3.94. The monoisotopic (exact) mass is 531 g/mol. The summed E-state index contributed by atoms with van der Waals surface area (Å²) in [6, 6.07) is 19.8. The van der Waals surface area contributed by atoms with Gasteiger partial charge >= 0.3 is 0 Å². The third-order valence-corrected chi connectivity index (χ3v) is 7.08. The predicted molar refractivity (Wildman–Crippen MR) is 130 cm³/mol. The van der Waals surface area contributed by atoms with Crippen molar-refractivity contribution >= 4 is 43.8 Å². The summed E-state index contributed by atoms with van der Waals surface area (Å²) < 4.78 is 39.1. The molecule has 1 N–H and O–H groups in total. The zero-order chi connectivity index (χ0) is 23.8. The molecule has 0 aliphatic heterocycles. The van der Waals surface area contributed by atoms with Gasteiger partial charge in [0.1, 0.15) is 6.54 Å². The number of sulfonamides is 1. The number of hydrogen-bond acceptors (Lipinski definition) is 6. The summed E-state index contributed by atoms with van der Waals surface area (Å²) in [5.41, 5.74) is 3.37. The normalized spacial score (nSPS) is 11.2. The first-order chi connectivity index (χ1) is 15.9. The summed E-state index contributed by atoms with van der Waals surface area (Å²) in [6.45, 7) is -0.500. The highest BCUT2D eigenvalue weighted by molar-refractivity contribution is 9.10. The summed E-state index contributed by atoms with van der Waals surface area (Å²) in [5.74, 6) is 0.143. The van der Waals surface area contributed by atoms with Crippen molar-refractivity contribution in [3.8, 4) is 11.5 Å². The molecule has 3 aromatic carbocycles. The zero-order valence-electron chi connectivity index (χ0n) is 17.9. The number of anilines is 1. The molecule has 0 spiro atoms. The Labute approximate surface area is 201 Å². The number of ether oxygens (including phenoxy) is 2. The van der Waals surface area contributed by atoms with Crippen LogP contribution in [0.15, 0.2) is 87.3 Å². The fourth-order valence-electron chi connectivity index (χ4n) is 2.93. The second-order valence-corrected chi connectivity index (χ2v) is 9.40. The molecule has 172 valence electrons. The second kappa shape index (κ2) is 11.0. The van der Waals surface area contributed by atoms with E-state index in [0.717, 1.165) is 14.3 Å². The maximum Gasteiger partial charge on any atom is 0.264 e. The zero-order valence-corrected chi connectivity index (χ0v) is 20.3. The van der Waals surface area contributed by atoms with Crippen LogP contribution in [-0.4, -0.2) is 41.3 Å². The molecule has 0 heterocycles. The number of methoxy groups -OCH3 is 2. The van der Waals surface area contributed by atoms with Gasteiger partial charge in [-0.25, -0.2) is 13.8 Å². The number of hydrogen-bond donors (Lipinski definition) is 1. The van der Waals surface area contributed by atoms with Crippen LogP contribution >= 0.6 is 15.9 Å². The smallest absolute Gasteiger partial charge is 0.264 e. The van der Waals surface area contributed by atoms with Crippen molar-refractivity contribution in [3.63, 3.8) is 0 Å². The number of rotatable bonds is 9. The molecule has 10 heteroatoms. The Hall–Kier alpha value is -3.37. The minimum absolute atomic E-state index is 0.0457. The van der Waals surface area contributed by atoms with Crippen molar-refractivity contribution in [2.75, 3.05) is 25.1 Å². The summed E-state index contributed by atoms with van der Waals surface area (Å²) in [6.07, 6.45) is 1.47. The van der Waals surface area contributed by atoms with E-state index in [0.29, 0.717) is 11.5 Å². The molecule has 0 atom stereocenters. The second-order valence-electron chi connectivity index (χ2n) is 6.68. The SMILES string of the molecule is COc1ccc(N(CC(=O)N/N=C\c2ccccc2Br)S(=O)(=O)c2ccccc2)cc1OC. The Bertz CT molecular complexity index is 1250. The van der Waals surface area contributed by atoms with Crippen molar-refractivity contribution in [2.24, 2.45) is 5.10 Å². The minimum atomic E-state index is -4.06. The number of nitrogens with one attached hydrogen (secondary N) is 1. The lowest BCUT2D eigenvalue weighted by molar-refractivity contribution is -0.119. The molecule has 0 fully saturated rings. The number of amides is 1. The third-order valence-electron chi connectivity index (χ3n) is 4.57. The number of nitrogens with zero attached hydrogens (tertiary/aromatic N) is 2. The Balaban J connectivity index is 1.91. The van der Waals surface area contributed by atoms with E-state index in [4.69, 9.17) is 9.47 Å². The number of carbonyl (C=O) groups excluding carboxylic acids is 1. The lowest BCUT2D eigenvalue weighted by atomic mass is 10.2. The molecule has 0 bridgehead atoms. The standard InChI is InChI=1S/C23H22BrN3O5S/c1-31-21-13-12-18(14-22(21)32-2)27(33(29,30)19-9-4-3-5-10-19)16-23(28)26-25-15-17-8-6-7-11-20(17)24/h3-15H,16H2,1-2H3,(H,26,28)/b25-15-. The van der Waals surface area contributed by atoms with E-state index in [1.165, 1.54) is 38.6 Å². The van der Waals surface area contributed by atoms with Gasteiger partial charge < -0.3 is 9.47 Å². The highest BCUT2D eigenvalue weighted by Crippen LogP contribution is 2.33. The number of halogens is 1. The van der Waals surface area contributed by atoms with E-state index in [-0.39, 0.29) is 10.6 Å². The quantitative estimate of drug-likeness (QED) is 0.334. The van der Waals surface area contributed by atoms with Crippen LogP contribution in [0.25, 0.3) is 0 Å². The number of carbonyl (C=O) groups is 1. The molecular formula is C23H22BrN3O5S. The molecular weight excluding hydrogens is 510 g/mol. The first-order valence-corrected chi connectivity index (χ1v) is 12.0. The van der Waals surface area contributed by atoms with Crippen molar-refractivity contribution < 1.29 is 22.7 Å². The van der Waals surface area contributed by atoms with Crippen LogP contribution in [0.4, 0.5) is 5.69 Å². The third kappa shape index (κ3) is 5.91. The van der Waals surface area contributed by atoms with Crippen molar-refractivity contribution in [3.05, 3.63) is 82.8 Å². The molecule has 0 unspecified atom stereocenters. The van der Waals surface area contributed by atoms with Crippen molar-refractivity contribution in [1.29, 1.82) is 0 Å². The molecule has 1 amide bonds. The lowest BCUT2D eigenvalue weighted by Crippen LogP contribution is -2.39. The van der Waals surface area contributed by atoms with Crippen molar-refractivity contribution in [2.45, 2.75) is 4.90 Å². The van der Waals surface area contributed by atoms with Gasteiger partial charge in [0.05, 0.1) is 31.0 Å². The molecule has 0 aliphatic carbocycles. The molecule has 0 radical (unpaired) electrons. The van der Waals surface area contributed by atoms with E-state index in [2.05, 4.69) is 26.5 Å². The van der Waals surface area contributed by atoms with Gasteiger partial charge in [0.2, 0.25) is 0 Å². The van der Waals surface area contributed by atoms with Gasteiger partial charge in [-0.15, -0.1) is 0 Å². The Morgan fingerprint density at radius 3 is 2.33 bits per heavy atom. The number of hydrazone groups is 1. The highest BCUT2D eigenvalue weighted by atomic mass is 79.9. The molecule has 0 aliphatic rings. The van der Waals surface area contributed by atoms with Crippen LogP contribution in [0, 0.1) is 0 Å². The maximum atomic E-state index is 13.4. The van der Waals surface area contributed by atoms with Gasteiger partial charge in [-0.3, -0.25) is 9.10 Å². The van der Waals surface area contributed by atoms with Crippen LogP contribution < -0.4 is 19.2 Å². The lowest BCUT2D eigenvalue weighted by Gasteiger charge is -2.24. The van der Waals surface area contributed by atoms with Gasteiger partial charge in [0.15, 0.2) is 11.5 Å². The fourth-order valence-corrected chi connectivity index (χ4v) is 4.76. The van der Waals surface area contributed by atoms with E-state index in [9.17, 15) is 13.2 Å². The summed E-state index contributed by atoms with van der Waals surface area (Å²) in [7, 11) is -1.14. The molecule has 3 aromatic rings. The molecule has 33 heavy (non-hydrogen) atoms. The highest BCUT2D eigenvalue weighted by Gasteiger charge is 2.28. The van der Waals surface area contributed by atoms with Gasteiger partial charge in [0.25, 0.3) is 15.9 Å². The Kier molecular flexibility index (Phi) is 8.07. The minimum Gasteiger partial charge on any atom is -0.493 e. The topological polar surface area (TPSA) is 97.3 Å². The first-order valence-electron chi connectivity index (χ1n) is 9.73. The number of benzene rings is 3. The van der Waals surface area contributed by atoms with Gasteiger partial charge in [-0.2, -0.15) is 5.10 Å². The first kappa shape index (κ1) is 24.3. The molecule has 0 saturated heterocycles. The van der Waals surface area contributed by atoms with Crippen LogP contribution in [0.2, 0.25) is 0 Å². The molecule has 0 saturated carbocycles. The largest absolute Gasteiger partial charge is 0.493 e. The molecule has 0 aromatic heterocycles. The van der Waals surface area contributed by atoms with Crippen LogP contribution in [0.3, 0.4) is 0 Å². The Morgan fingerprint density at radius 2 is 1.67 bits per heavy atom. The maximum absolute atomic E-state index is 13.4. The van der Waals surface area contributed by atoms with Crippen LogP contribution in [0.5, 0.6) is 11.5 Å². The van der Waals surface area contributed by atoms with E-state index >= 15 is 0 Å². The Morgan fingerprint density at radius 1 is 1.00 bits per heavy atom. The summed E-state index contributed by atoms with van der Waals surface area (Å²) >= 11 is 3.40.